The van der Waals surface area contributed by atoms with Gasteiger partial charge in [-0.2, -0.15) is 5.26 Å². The van der Waals surface area contributed by atoms with Crippen LogP contribution in [0.5, 0.6) is 0 Å². The summed E-state index contributed by atoms with van der Waals surface area (Å²) in [6.45, 7) is 3.59. The van der Waals surface area contributed by atoms with E-state index in [2.05, 4.69) is 16.4 Å². The smallest absolute Gasteiger partial charge is 0.348 e. The molecule has 4 rings (SSSR count). The van der Waals surface area contributed by atoms with Gasteiger partial charge < -0.3 is 10.1 Å². The van der Waals surface area contributed by atoms with Crippen molar-refractivity contribution in [2.24, 2.45) is 0 Å². The monoisotopic (exact) mass is 475 g/mol. The number of para-hydroxylation sites is 1. The van der Waals surface area contributed by atoms with Gasteiger partial charge in [0.05, 0.1) is 28.9 Å². The molecule has 0 spiro atoms. The number of nitriles is 1. The molecule has 0 aliphatic carbocycles. The van der Waals surface area contributed by atoms with Gasteiger partial charge in [0.1, 0.15) is 15.9 Å². The summed E-state index contributed by atoms with van der Waals surface area (Å²) >= 11 is 7.04. The Bertz CT molecular complexity index is 1420. The fourth-order valence-corrected chi connectivity index (χ4v) is 4.60. The van der Waals surface area contributed by atoms with Crippen molar-refractivity contribution in [3.05, 3.63) is 81.2 Å². The zero-order valence-corrected chi connectivity index (χ0v) is 19.4. The van der Waals surface area contributed by atoms with Crippen molar-refractivity contribution in [1.29, 1.82) is 5.26 Å². The number of fused-ring (bicyclic) bond motifs is 1. The molecule has 164 valence electrons. The summed E-state index contributed by atoms with van der Waals surface area (Å²) < 4.78 is 5.07. The molecule has 0 aliphatic rings. The third-order valence-electron chi connectivity index (χ3n) is 5.05. The third-order valence-corrected chi connectivity index (χ3v) is 6.49. The molecule has 2 aromatic carbocycles. The van der Waals surface area contributed by atoms with Crippen LogP contribution < -0.4 is 5.32 Å². The lowest BCUT2D eigenvalue weighted by Gasteiger charge is -2.10. The minimum absolute atomic E-state index is 0.218. The Morgan fingerprint density at radius 1 is 1.18 bits per heavy atom. The zero-order valence-electron chi connectivity index (χ0n) is 17.8. The molecule has 6 nitrogen and oxygen atoms in total. The molecule has 4 aromatic rings. The summed E-state index contributed by atoms with van der Waals surface area (Å²) in [4.78, 5) is 30.6. The van der Waals surface area contributed by atoms with E-state index in [-0.39, 0.29) is 12.2 Å². The van der Waals surface area contributed by atoms with E-state index in [0.717, 1.165) is 16.9 Å². The highest BCUT2D eigenvalue weighted by Crippen LogP contribution is 2.34. The Labute approximate surface area is 199 Å². The predicted molar refractivity (Wildman–Crippen MR) is 130 cm³/mol. The molecule has 0 bridgehead atoms. The van der Waals surface area contributed by atoms with E-state index in [1.54, 1.807) is 32.0 Å². The maximum atomic E-state index is 13.4. The number of halogens is 1. The van der Waals surface area contributed by atoms with E-state index in [1.807, 2.05) is 36.4 Å². The molecular formula is C25H18ClN3O3S. The van der Waals surface area contributed by atoms with Gasteiger partial charge in [-0.25, -0.2) is 9.78 Å². The number of nitrogens with zero attached hydrogens (tertiary/aromatic N) is 2. The number of carbonyl (C=O) groups excluding carboxylic acids is 2. The van der Waals surface area contributed by atoms with E-state index < -0.39 is 11.9 Å². The number of hydrogen-bond donors (Lipinski definition) is 1. The van der Waals surface area contributed by atoms with Crippen molar-refractivity contribution >= 4 is 50.7 Å². The van der Waals surface area contributed by atoms with Crippen LogP contribution in [0, 0.1) is 18.3 Å². The molecule has 0 unspecified atom stereocenters. The fourth-order valence-electron chi connectivity index (χ4n) is 3.43. The first kappa shape index (κ1) is 22.5. The van der Waals surface area contributed by atoms with Gasteiger partial charge in [0.15, 0.2) is 0 Å². The van der Waals surface area contributed by atoms with Crippen LogP contribution in [0.2, 0.25) is 5.02 Å². The molecule has 2 heterocycles. The van der Waals surface area contributed by atoms with Gasteiger partial charge in [-0.05, 0) is 43.7 Å². The van der Waals surface area contributed by atoms with Crippen molar-refractivity contribution in [1.82, 2.24) is 4.98 Å². The highest BCUT2D eigenvalue weighted by atomic mass is 35.5. The van der Waals surface area contributed by atoms with Crippen LogP contribution in [0.25, 0.3) is 22.2 Å². The van der Waals surface area contributed by atoms with Gasteiger partial charge >= 0.3 is 5.97 Å². The maximum Gasteiger partial charge on any atom is 0.348 e. The van der Waals surface area contributed by atoms with Crippen LogP contribution in [0.15, 0.2) is 54.6 Å². The van der Waals surface area contributed by atoms with Crippen molar-refractivity contribution in [2.75, 3.05) is 11.9 Å². The van der Waals surface area contributed by atoms with Gasteiger partial charge in [0.2, 0.25) is 0 Å². The number of thiophene rings is 1. The summed E-state index contributed by atoms with van der Waals surface area (Å²) in [6.07, 6.45) is 0. The van der Waals surface area contributed by atoms with E-state index in [1.165, 1.54) is 0 Å². The maximum absolute atomic E-state index is 13.4. The van der Waals surface area contributed by atoms with Crippen LogP contribution >= 0.6 is 22.9 Å². The molecule has 0 saturated carbocycles. The molecular weight excluding hydrogens is 458 g/mol. The van der Waals surface area contributed by atoms with Gasteiger partial charge in [-0.15, -0.1) is 11.3 Å². The lowest BCUT2D eigenvalue weighted by atomic mass is 10.0. The Morgan fingerprint density at radius 2 is 1.91 bits per heavy atom. The van der Waals surface area contributed by atoms with Crippen molar-refractivity contribution < 1.29 is 14.3 Å². The first-order valence-corrected chi connectivity index (χ1v) is 11.3. The number of carbonyl (C=O) groups is 2. The quantitative estimate of drug-likeness (QED) is 0.345. The molecule has 0 aliphatic heterocycles. The fraction of sp³-hybridized carbons (Fsp3) is 0.120. The normalized spacial score (nSPS) is 10.6. The number of nitrogens with one attached hydrogen (secondary N) is 1. The highest BCUT2D eigenvalue weighted by Gasteiger charge is 2.23. The summed E-state index contributed by atoms with van der Waals surface area (Å²) in [6, 6.07) is 18.3. The number of aromatic nitrogens is 1. The van der Waals surface area contributed by atoms with Crippen molar-refractivity contribution in [3.63, 3.8) is 0 Å². The molecule has 2 aromatic heterocycles. The summed E-state index contributed by atoms with van der Waals surface area (Å²) in [7, 11) is 0. The largest absolute Gasteiger partial charge is 0.462 e. The van der Waals surface area contributed by atoms with Gasteiger partial charge in [0.25, 0.3) is 5.91 Å². The molecule has 0 radical (unpaired) electrons. The molecule has 0 atom stereocenters. The van der Waals surface area contributed by atoms with Crippen LogP contribution in [-0.4, -0.2) is 23.5 Å². The second-order valence-corrected chi connectivity index (χ2v) is 8.58. The van der Waals surface area contributed by atoms with Gasteiger partial charge in [-0.3, -0.25) is 4.79 Å². The third kappa shape index (κ3) is 4.44. The number of hydrogen-bond acceptors (Lipinski definition) is 6. The van der Waals surface area contributed by atoms with Crippen LogP contribution in [0.4, 0.5) is 5.00 Å². The lowest BCUT2D eigenvalue weighted by Crippen LogP contribution is -2.13. The Hall–Kier alpha value is -3.73. The predicted octanol–water partition coefficient (Wildman–Crippen LogP) is 6.23. The van der Waals surface area contributed by atoms with Crippen molar-refractivity contribution in [2.45, 2.75) is 13.8 Å². The van der Waals surface area contributed by atoms with E-state index >= 15 is 0 Å². The summed E-state index contributed by atoms with van der Waals surface area (Å²) in [5.41, 5.74) is 3.22. The standard InChI is InChI=1S/C25H18ClN3O3S/c1-3-32-25(31)22-14(2)19(13-27)24(33-22)29-23(30)18-12-21(15-8-10-16(26)11-9-15)28-20-7-5-4-6-17(18)20/h4-12H,3H2,1-2H3,(H,29,30). The topological polar surface area (TPSA) is 92.1 Å². The first-order chi connectivity index (χ1) is 15.9. The van der Waals surface area contributed by atoms with E-state index in [0.29, 0.717) is 42.6 Å². The number of amides is 1. The van der Waals surface area contributed by atoms with E-state index in [4.69, 9.17) is 16.3 Å². The average Bonchev–Trinajstić information content (AvgIpc) is 3.13. The number of benzene rings is 2. The minimum atomic E-state index is -0.517. The Morgan fingerprint density at radius 3 is 2.61 bits per heavy atom. The number of ether oxygens (including phenoxy) is 1. The summed E-state index contributed by atoms with van der Waals surface area (Å²) in [5, 5.41) is 14.0. The van der Waals surface area contributed by atoms with Gasteiger partial charge in [-0.1, -0.05) is 41.9 Å². The zero-order chi connectivity index (χ0) is 23.5. The Balaban J connectivity index is 1.78. The second kappa shape index (κ2) is 9.41. The average molecular weight is 476 g/mol. The highest BCUT2D eigenvalue weighted by molar-refractivity contribution is 7.18. The molecule has 1 amide bonds. The number of esters is 1. The number of pyridine rings is 1. The minimum Gasteiger partial charge on any atom is -0.462 e. The molecule has 8 heteroatoms. The van der Waals surface area contributed by atoms with Crippen LogP contribution in [0.1, 0.15) is 38.1 Å². The van der Waals surface area contributed by atoms with Crippen LogP contribution in [0.3, 0.4) is 0 Å². The van der Waals surface area contributed by atoms with Crippen LogP contribution in [-0.2, 0) is 4.74 Å². The number of rotatable bonds is 5. The van der Waals surface area contributed by atoms with Gasteiger partial charge in [0, 0.05) is 16.0 Å². The number of anilines is 1. The molecule has 33 heavy (non-hydrogen) atoms. The molecule has 0 fully saturated rings. The first-order valence-electron chi connectivity index (χ1n) is 10.1. The van der Waals surface area contributed by atoms with E-state index in [9.17, 15) is 14.9 Å². The summed E-state index contributed by atoms with van der Waals surface area (Å²) in [5.74, 6) is -0.923. The SMILES string of the molecule is CCOC(=O)c1sc(NC(=O)c2cc(-c3ccc(Cl)cc3)nc3ccccc23)c(C#N)c1C. The molecule has 1 N–H and O–H groups in total. The van der Waals surface area contributed by atoms with Crippen molar-refractivity contribution in [3.8, 4) is 17.3 Å². The Kier molecular flexibility index (Phi) is 6.40. The lowest BCUT2D eigenvalue weighted by molar-refractivity contribution is 0.0531. The second-order valence-electron chi connectivity index (χ2n) is 7.13. The molecule has 0 saturated heterocycles.